The van der Waals surface area contributed by atoms with Crippen LogP contribution < -0.4 is 4.74 Å². The molecule has 0 aliphatic heterocycles. The van der Waals surface area contributed by atoms with E-state index in [2.05, 4.69) is 4.98 Å². The van der Waals surface area contributed by atoms with Gasteiger partial charge in [-0.25, -0.2) is 0 Å². The van der Waals surface area contributed by atoms with E-state index in [4.69, 9.17) is 16.3 Å². The van der Waals surface area contributed by atoms with Crippen LogP contribution in [0.2, 0.25) is 5.02 Å². The van der Waals surface area contributed by atoms with Crippen molar-refractivity contribution < 1.29 is 4.74 Å². The third kappa shape index (κ3) is 2.07. The molecule has 1 aromatic heterocycles. The van der Waals surface area contributed by atoms with Crippen LogP contribution >= 0.6 is 11.6 Å². The van der Waals surface area contributed by atoms with Crippen molar-refractivity contribution in [1.82, 2.24) is 4.98 Å². The Morgan fingerprint density at radius 3 is 2.67 bits per heavy atom. The Kier molecular flexibility index (Phi) is 2.95. The van der Waals surface area contributed by atoms with Gasteiger partial charge in [-0.15, -0.1) is 0 Å². The number of H-pyrrole nitrogens is 1. The van der Waals surface area contributed by atoms with E-state index in [1.54, 1.807) is 0 Å². The number of aromatic amines is 1. The van der Waals surface area contributed by atoms with Crippen molar-refractivity contribution in [2.75, 3.05) is 0 Å². The van der Waals surface area contributed by atoms with E-state index < -0.39 is 0 Å². The normalized spacial score (nSPS) is 10.7. The van der Waals surface area contributed by atoms with Crippen molar-refractivity contribution in [1.29, 1.82) is 0 Å². The van der Waals surface area contributed by atoms with Crippen LogP contribution in [0.25, 0.3) is 10.9 Å². The van der Waals surface area contributed by atoms with E-state index >= 15 is 0 Å². The lowest BCUT2D eigenvalue weighted by molar-refractivity contribution is 0.309. The highest BCUT2D eigenvalue weighted by atomic mass is 35.5. The SMILES string of the molecule is Clc1ccc2cc[nH]c2c1OCc1ccccc1. The third-order valence-electron chi connectivity index (χ3n) is 2.86. The molecule has 2 aromatic carbocycles. The monoisotopic (exact) mass is 257 g/mol. The molecule has 2 nitrogen and oxygen atoms in total. The minimum Gasteiger partial charge on any atom is -0.485 e. The van der Waals surface area contributed by atoms with Crippen LogP contribution in [0.15, 0.2) is 54.7 Å². The lowest BCUT2D eigenvalue weighted by Crippen LogP contribution is -1.96. The Morgan fingerprint density at radius 1 is 1.00 bits per heavy atom. The van der Waals surface area contributed by atoms with Crippen LogP contribution in [0.1, 0.15) is 5.56 Å². The Bertz CT molecular complexity index is 661. The number of rotatable bonds is 3. The highest BCUT2D eigenvalue weighted by molar-refractivity contribution is 6.33. The van der Waals surface area contributed by atoms with Gasteiger partial charge >= 0.3 is 0 Å². The first kappa shape index (κ1) is 11.2. The first-order valence-corrected chi connectivity index (χ1v) is 6.15. The minimum absolute atomic E-state index is 0.513. The van der Waals surface area contributed by atoms with Crippen molar-refractivity contribution in [3.8, 4) is 5.75 Å². The van der Waals surface area contributed by atoms with Gasteiger partial charge in [0.25, 0.3) is 0 Å². The molecule has 0 saturated heterocycles. The number of fused-ring (bicyclic) bond motifs is 1. The van der Waals surface area contributed by atoms with Gasteiger partial charge in [-0.2, -0.15) is 0 Å². The van der Waals surface area contributed by atoms with Crippen LogP contribution in [-0.2, 0) is 6.61 Å². The fourth-order valence-corrected chi connectivity index (χ4v) is 2.16. The fourth-order valence-electron chi connectivity index (χ4n) is 1.95. The van der Waals surface area contributed by atoms with E-state index in [-0.39, 0.29) is 0 Å². The van der Waals surface area contributed by atoms with E-state index in [0.29, 0.717) is 17.4 Å². The lowest BCUT2D eigenvalue weighted by Gasteiger charge is -2.09. The fraction of sp³-hybridized carbons (Fsp3) is 0.0667. The first-order valence-electron chi connectivity index (χ1n) is 5.77. The number of benzene rings is 2. The van der Waals surface area contributed by atoms with Gasteiger partial charge in [0.15, 0.2) is 5.75 Å². The van der Waals surface area contributed by atoms with Gasteiger partial charge in [0.1, 0.15) is 6.61 Å². The molecular weight excluding hydrogens is 246 g/mol. The first-order chi connectivity index (χ1) is 8.84. The standard InChI is InChI=1S/C15H12ClNO/c16-13-7-6-12-8-9-17-14(12)15(13)18-10-11-4-2-1-3-5-11/h1-9,17H,10H2. The average molecular weight is 258 g/mol. The summed E-state index contributed by atoms with van der Waals surface area (Å²) in [6.45, 7) is 0.513. The molecule has 1 N–H and O–H groups in total. The highest BCUT2D eigenvalue weighted by Crippen LogP contribution is 2.32. The number of hydrogen-bond acceptors (Lipinski definition) is 1. The second kappa shape index (κ2) is 4.75. The minimum atomic E-state index is 0.513. The van der Waals surface area contributed by atoms with E-state index in [1.165, 1.54) is 0 Å². The Labute approximate surface area is 110 Å². The van der Waals surface area contributed by atoms with Crippen LogP contribution in [0.5, 0.6) is 5.75 Å². The number of hydrogen-bond donors (Lipinski definition) is 1. The van der Waals surface area contributed by atoms with E-state index in [0.717, 1.165) is 16.5 Å². The Balaban J connectivity index is 1.90. The summed E-state index contributed by atoms with van der Waals surface area (Å²) in [6, 6.07) is 15.9. The maximum absolute atomic E-state index is 6.18. The Morgan fingerprint density at radius 2 is 1.83 bits per heavy atom. The summed E-state index contributed by atoms with van der Waals surface area (Å²) < 4.78 is 5.83. The molecule has 0 fully saturated rings. The molecule has 0 radical (unpaired) electrons. The third-order valence-corrected chi connectivity index (χ3v) is 3.16. The molecule has 0 unspecified atom stereocenters. The quantitative estimate of drug-likeness (QED) is 0.739. The van der Waals surface area contributed by atoms with Gasteiger partial charge in [-0.1, -0.05) is 48.0 Å². The number of aromatic nitrogens is 1. The van der Waals surface area contributed by atoms with Crippen LogP contribution in [0.3, 0.4) is 0 Å². The molecule has 3 rings (SSSR count). The maximum atomic E-state index is 6.18. The zero-order valence-corrected chi connectivity index (χ0v) is 10.4. The summed E-state index contributed by atoms with van der Waals surface area (Å²) in [4.78, 5) is 3.16. The maximum Gasteiger partial charge on any atom is 0.162 e. The zero-order valence-electron chi connectivity index (χ0n) is 9.69. The van der Waals surface area contributed by atoms with Crippen molar-refractivity contribution >= 4 is 22.5 Å². The highest BCUT2D eigenvalue weighted by Gasteiger charge is 2.08. The van der Waals surface area contributed by atoms with Crippen molar-refractivity contribution in [2.24, 2.45) is 0 Å². The summed E-state index contributed by atoms with van der Waals surface area (Å²) >= 11 is 6.18. The molecule has 0 atom stereocenters. The summed E-state index contributed by atoms with van der Waals surface area (Å²) in [5.41, 5.74) is 2.07. The van der Waals surface area contributed by atoms with Gasteiger partial charge < -0.3 is 9.72 Å². The number of ether oxygens (including phenoxy) is 1. The smallest absolute Gasteiger partial charge is 0.162 e. The lowest BCUT2D eigenvalue weighted by atomic mass is 10.2. The van der Waals surface area contributed by atoms with Crippen LogP contribution in [0, 0.1) is 0 Å². The summed E-state index contributed by atoms with van der Waals surface area (Å²) in [5, 5.41) is 1.73. The molecular formula is C15H12ClNO. The van der Waals surface area contributed by atoms with Gasteiger partial charge in [0.2, 0.25) is 0 Å². The Hall–Kier alpha value is -1.93. The van der Waals surface area contributed by atoms with E-state index in [9.17, 15) is 0 Å². The van der Waals surface area contributed by atoms with Crippen molar-refractivity contribution in [3.05, 3.63) is 65.3 Å². The molecule has 90 valence electrons. The molecule has 1 heterocycles. The second-order valence-electron chi connectivity index (χ2n) is 4.09. The second-order valence-corrected chi connectivity index (χ2v) is 4.50. The van der Waals surface area contributed by atoms with Crippen molar-refractivity contribution in [2.45, 2.75) is 6.61 Å². The molecule has 0 amide bonds. The molecule has 0 aliphatic rings. The molecule has 0 aliphatic carbocycles. The average Bonchev–Trinajstić information content (AvgIpc) is 2.87. The predicted molar refractivity (Wildman–Crippen MR) is 74.1 cm³/mol. The van der Waals surface area contributed by atoms with Crippen molar-refractivity contribution in [3.63, 3.8) is 0 Å². The molecule has 0 spiro atoms. The molecule has 3 aromatic rings. The molecule has 0 saturated carbocycles. The van der Waals surface area contributed by atoms with Gasteiger partial charge in [-0.3, -0.25) is 0 Å². The van der Waals surface area contributed by atoms with Gasteiger partial charge in [0, 0.05) is 11.6 Å². The van der Waals surface area contributed by atoms with Gasteiger partial charge in [0.05, 0.1) is 10.5 Å². The molecule has 0 bridgehead atoms. The summed E-state index contributed by atoms with van der Waals surface area (Å²) in [6.07, 6.45) is 1.89. The van der Waals surface area contributed by atoms with Crippen LogP contribution in [-0.4, -0.2) is 4.98 Å². The zero-order chi connectivity index (χ0) is 12.4. The summed E-state index contributed by atoms with van der Waals surface area (Å²) in [5.74, 6) is 0.711. The predicted octanol–water partition coefficient (Wildman–Crippen LogP) is 4.40. The molecule has 18 heavy (non-hydrogen) atoms. The number of nitrogens with one attached hydrogen (secondary N) is 1. The summed E-state index contributed by atoms with van der Waals surface area (Å²) in [7, 11) is 0. The van der Waals surface area contributed by atoms with Crippen LogP contribution in [0.4, 0.5) is 0 Å². The number of halogens is 1. The topological polar surface area (TPSA) is 25.0 Å². The van der Waals surface area contributed by atoms with E-state index in [1.807, 2.05) is 54.7 Å². The molecule has 3 heteroatoms. The largest absolute Gasteiger partial charge is 0.485 e. The van der Waals surface area contributed by atoms with Gasteiger partial charge in [-0.05, 0) is 17.7 Å².